The maximum absolute atomic E-state index is 13.3. The van der Waals surface area contributed by atoms with Crippen molar-refractivity contribution in [3.05, 3.63) is 33.4 Å². The molecule has 2 heterocycles. The Morgan fingerprint density at radius 3 is 2.79 bits per heavy atom. The zero-order valence-electron chi connectivity index (χ0n) is 16.8. The highest BCUT2D eigenvalue weighted by Gasteiger charge is 2.21. The molecule has 0 saturated heterocycles. The summed E-state index contributed by atoms with van der Waals surface area (Å²) >= 11 is 2.99. The van der Waals surface area contributed by atoms with Crippen molar-refractivity contribution in [2.24, 2.45) is 0 Å². The average Bonchev–Trinajstić information content (AvgIpc) is 2.88. The Morgan fingerprint density at radius 2 is 2.07 bits per heavy atom. The Balaban J connectivity index is 1.91. The first kappa shape index (κ1) is 21.1. The SMILES string of the molecule is C=CCn1c(SCC(=O)NC(CC)CC)nc2sc3c(c2c1=O)CCCCC3. The first-order valence-electron chi connectivity index (χ1n) is 10.2. The van der Waals surface area contributed by atoms with Crippen molar-refractivity contribution in [2.75, 3.05) is 5.75 Å². The smallest absolute Gasteiger partial charge is 0.263 e. The zero-order valence-corrected chi connectivity index (χ0v) is 18.4. The number of aromatic nitrogens is 2. The third-order valence-corrected chi connectivity index (χ3v) is 7.45. The van der Waals surface area contributed by atoms with Crippen LogP contribution in [0.4, 0.5) is 0 Å². The lowest BCUT2D eigenvalue weighted by Gasteiger charge is -2.15. The van der Waals surface area contributed by atoms with E-state index in [9.17, 15) is 9.59 Å². The van der Waals surface area contributed by atoms with Crippen molar-refractivity contribution in [3.63, 3.8) is 0 Å². The van der Waals surface area contributed by atoms with Gasteiger partial charge in [0.15, 0.2) is 5.16 Å². The number of thioether (sulfide) groups is 1. The van der Waals surface area contributed by atoms with E-state index in [0.717, 1.165) is 42.3 Å². The summed E-state index contributed by atoms with van der Waals surface area (Å²) in [5.74, 6) is 0.247. The van der Waals surface area contributed by atoms with Gasteiger partial charge < -0.3 is 5.32 Å². The Kier molecular flexibility index (Phi) is 7.35. The second kappa shape index (κ2) is 9.74. The van der Waals surface area contributed by atoms with E-state index in [1.54, 1.807) is 22.0 Å². The molecule has 1 aliphatic carbocycles. The summed E-state index contributed by atoms with van der Waals surface area (Å²) in [6.07, 6.45) is 9.08. The monoisotopic (exact) mass is 419 g/mol. The third-order valence-electron chi connectivity index (χ3n) is 5.28. The van der Waals surface area contributed by atoms with E-state index >= 15 is 0 Å². The van der Waals surface area contributed by atoms with Gasteiger partial charge in [-0.05, 0) is 44.1 Å². The Labute approximate surface area is 174 Å². The normalized spacial score (nSPS) is 14.1. The molecule has 0 unspecified atom stereocenters. The molecule has 152 valence electrons. The van der Waals surface area contributed by atoms with Gasteiger partial charge in [-0.15, -0.1) is 17.9 Å². The predicted octanol–water partition coefficient (Wildman–Crippen LogP) is 4.31. The minimum Gasteiger partial charge on any atom is -0.353 e. The van der Waals surface area contributed by atoms with Gasteiger partial charge in [0.1, 0.15) is 4.83 Å². The molecule has 0 saturated carbocycles. The van der Waals surface area contributed by atoms with Crippen LogP contribution in [0.2, 0.25) is 0 Å². The number of nitrogens with one attached hydrogen (secondary N) is 1. The summed E-state index contributed by atoms with van der Waals surface area (Å²) in [6, 6.07) is 0.201. The van der Waals surface area contributed by atoms with Gasteiger partial charge in [0.2, 0.25) is 5.91 Å². The highest BCUT2D eigenvalue weighted by Crippen LogP contribution is 2.34. The van der Waals surface area contributed by atoms with Crippen LogP contribution < -0.4 is 10.9 Å². The molecule has 0 aromatic carbocycles. The van der Waals surface area contributed by atoms with Crippen LogP contribution in [-0.2, 0) is 24.2 Å². The minimum absolute atomic E-state index is 0.00667. The van der Waals surface area contributed by atoms with Crippen molar-refractivity contribution >= 4 is 39.2 Å². The molecule has 0 atom stereocenters. The van der Waals surface area contributed by atoms with Crippen molar-refractivity contribution < 1.29 is 4.79 Å². The molecular weight excluding hydrogens is 390 g/mol. The van der Waals surface area contributed by atoms with Crippen LogP contribution >= 0.6 is 23.1 Å². The van der Waals surface area contributed by atoms with E-state index in [4.69, 9.17) is 4.98 Å². The van der Waals surface area contributed by atoms with Crippen LogP contribution in [0.25, 0.3) is 10.2 Å². The Hall–Kier alpha value is -1.60. The molecule has 0 spiro atoms. The number of rotatable bonds is 8. The van der Waals surface area contributed by atoms with E-state index in [1.165, 1.54) is 35.0 Å². The molecule has 0 radical (unpaired) electrons. The number of hydrogen-bond acceptors (Lipinski definition) is 5. The number of nitrogens with zero attached hydrogens (tertiary/aromatic N) is 2. The number of aryl methyl sites for hydroxylation is 2. The Morgan fingerprint density at radius 1 is 1.32 bits per heavy atom. The summed E-state index contributed by atoms with van der Waals surface area (Å²) in [5.41, 5.74) is 1.21. The maximum atomic E-state index is 13.3. The van der Waals surface area contributed by atoms with Crippen molar-refractivity contribution in [2.45, 2.75) is 76.5 Å². The van der Waals surface area contributed by atoms with Gasteiger partial charge >= 0.3 is 0 Å². The van der Waals surface area contributed by atoms with E-state index in [1.807, 2.05) is 0 Å². The second-order valence-electron chi connectivity index (χ2n) is 7.21. The van der Waals surface area contributed by atoms with Crippen LogP contribution in [0.5, 0.6) is 0 Å². The van der Waals surface area contributed by atoms with Gasteiger partial charge in [-0.3, -0.25) is 14.2 Å². The summed E-state index contributed by atoms with van der Waals surface area (Å²) < 4.78 is 1.67. The van der Waals surface area contributed by atoms with Crippen LogP contribution in [0.3, 0.4) is 0 Å². The Bertz CT molecular complexity index is 912. The molecule has 5 nitrogen and oxygen atoms in total. The molecule has 0 bridgehead atoms. The van der Waals surface area contributed by atoms with Gasteiger partial charge in [-0.2, -0.15) is 0 Å². The molecule has 3 rings (SSSR count). The molecule has 28 heavy (non-hydrogen) atoms. The van der Waals surface area contributed by atoms with E-state index in [-0.39, 0.29) is 23.3 Å². The maximum Gasteiger partial charge on any atom is 0.263 e. The topological polar surface area (TPSA) is 64.0 Å². The first-order chi connectivity index (χ1) is 13.6. The molecule has 1 aliphatic rings. The molecule has 1 amide bonds. The number of allylic oxidation sites excluding steroid dienone is 1. The first-order valence-corrected chi connectivity index (χ1v) is 12.0. The van der Waals surface area contributed by atoms with E-state index in [2.05, 4.69) is 25.7 Å². The highest BCUT2D eigenvalue weighted by atomic mass is 32.2. The fraction of sp³-hybridized carbons (Fsp3) is 0.571. The third kappa shape index (κ3) is 4.51. The summed E-state index contributed by atoms with van der Waals surface area (Å²) in [4.78, 5) is 32.5. The van der Waals surface area contributed by atoms with Gasteiger partial charge in [0.05, 0.1) is 11.1 Å². The van der Waals surface area contributed by atoms with E-state index in [0.29, 0.717) is 11.7 Å². The van der Waals surface area contributed by atoms with Crippen molar-refractivity contribution in [1.29, 1.82) is 0 Å². The molecule has 2 aromatic rings. The molecule has 1 N–H and O–H groups in total. The average molecular weight is 420 g/mol. The largest absolute Gasteiger partial charge is 0.353 e. The van der Waals surface area contributed by atoms with Crippen molar-refractivity contribution in [1.82, 2.24) is 14.9 Å². The molecular formula is C21H29N3O2S2. The number of thiophene rings is 1. The number of fused-ring (bicyclic) bond motifs is 3. The number of amides is 1. The standard InChI is InChI=1S/C21H29N3O2S2/c1-4-12-24-20(26)18-15-10-8-7-9-11-16(15)28-19(18)23-21(24)27-13-17(25)22-14(5-2)6-3/h4,14H,1,5-13H2,2-3H3,(H,22,25). The summed E-state index contributed by atoms with van der Waals surface area (Å²) in [5, 5.41) is 4.44. The quantitative estimate of drug-likeness (QED) is 0.300. The second-order valence-corrected chi connectivity index (χ2v) is 9.24. The lowest BCUT2D eigenvalue weighted by atomic mass is 10.1. The minimum atomic E-state index is -0.0137. The summed E-state index contributed by atoms with van der Waals surface area (Å²) in [7, 11) is 0. The van der Waals surface area contributed by atoms with Crippen LogP contribution in [0.15, 0.2) is 22.6 Å². The fourth-order valence-electron chi connectivity index (χ4n) is 3.69. The summed E-state index contributed by atoms with van der Waals surface area (Å²) in [6.45, 7) is 8.34. The number of hydrogen-bond donors (Lipinski definition) is 1. The fourth-order valence-corrected chi connectivity index (χ4v) is 5.81. The van der Waals surface area contributed by atoms with Gasteiger partial charge in [-0.1, -0.05) is 38.1 Å². The van der Waals surface area contributed by atoms with Gasteiger partial charge in [0, 0.05) is 17.5 Å². The lowest BCUT2D eigenvalue weighted by Crippen LogP contribution is -2.35. The molecule has 0 fully saturated rings. The molecule has 0 aliphatic heterocycles. The number of carbonyl (C=O) groups excluding carboxylic acids is 1. The zero-order chi connectivity index (χ0) is 20.1. The highest BCUT2D eigenvalue weighted by molar-refractivity contribution is 7.99. The van der Waals surface area contributed by atoms with Crippen molar-refractivity contribution in [3.8, 4) is 0 Å². The van der Waals surface area contributed by atoms with Crippen LogP contribution in [0.1, 0.15) is 56.4 Å². The lowest BCUT2D eigenvalue weighted by molar-refractivity contribution is -0.119. The van der Waals surface area contributed by atoms with Gasteiger partial charge in [0.25, 0.3) is 5.56 Å². The molecule has 2 aromatic heterocycles. The van der Waals surface area contributed by atoms with E-state index < -0.39 is 0 Å². The van der Waals surface area contributed by atoms with Crippen LogP contribution in [0, 0.1) is 0 Å². The predicted molar refractivity (Wildman–Crippen MR) is 119 cm³/mol. The van der Waals surface area contributed by atoms with Gasteiger partial charge in [-0.25, -0.2) is 4.98 Å². The molecule has 7 heteroatoms. The van der Waals surface area contributed by atoms with Crippen LogP contribution in [-0.4, -0.2) is 27.3 Å². The number of carbonyl (C=O) groups is 1.